The van der Waals surface area contributed by atoms with Crippen molar-refractivity contribution in [3.05, 3.63) is 83.7 Å². The van der Waals surface area contributed by atoms with Crippen LogP contribution in [0.15, 0.2) is 66.7 Å². The van der Waals surface area contributed by atoms with Crippen LogP contribution < -0.4 is 9.47 Å². The van der Waals surface area contributed by atoms with Gasteiger partial charge in [-0.3, -0.25) is 0 Å². The van der Waals surface area contributed by atoms with E-state index in [4.69, 9.17) is 14.2 Å². The van der Waals surface area contributed by atoms with E-state index in [1.807, 2.05) is 31.2 Å². The smallest absolute Gasteiger partial charge is 0.390 e. The van der Waals surface area contributed by atoms with Crippen LogP contribution >= 0.6 is 0 Å². The number of rotatable bonds is 21. The molecule has 6 heteroatoms. The van der Waals surface area contributed by atoms with Crippen LogP contribution in [-0.4, -0.2) is 24.6 Å². The highest BCUT2D eigenvalue weighted by atomic mass is 19.1. The Bertz CT molecular complexity index is 1440. The summed E-state index contributed by atoms with van der Waals surface area (Å²) in [6.07, 6.45) is 17.8. The second-order valence-electron chi connectivity index (χ2n) is 12.5. The maximum absolute atomic E-state index is 14.6. The van der Waals surface area contributed by atoms with E-state index < -0.39 is 11.8 Å². The number of carbonyl (C=O) groups is 2. The monoisotopic (exact) mass is 656 g/mol. The minimum atomic E-state index is -0.786. The molecule has 0 bridgehead atoms. The SMILES string of the molecule is CCCCCCCCCCCCOc1ccc(C#CC(=O)Oc2ccc(-c3ccc(C(=O)O[C@H](C)CCCCCC)cc3)cc2)c(F)c1. The molecule has 5 nitrogen and oxygen atoms in total. The number of hydrogen-bond donors (Lipinski definition) is 0. The molecular weight excluding hydrogens is 603 g/mol. The number of ether oxygens (including phenoxy) is 3. The summed E-state index contributed by atoms with van der Waals surface area (Å²) in [5.41, 5.74) is 2.40. The Kier molecular flexibility index (Phi) is 17.9. The minimum Gasteiger partial charge on any atom is -0.493 e. The number of halogens is 1. The van der Waals surface area contributed by atoms with Crippen LogP contribution in [-0.2, 0) is 9.53 Å². The van der Waals surface area contributed by atoms with Gasteiger partial charge < -0.3 is 14.2 Å². The van der Waals surface area contributed by atoms with Crippen molar-refractivity contribution < 1.29 is 28.2 Å². The van der Waals surface area contributed by atoms with Gasteiger partial charge >= 0.3 is 11.9 Å². The fourth-order valence-corrected chi connectivity index (χ4v) is 5.40. The molecule has 258 valence electrons. The molecule has 1 atom stereocenters. The van der Waals surface area contributed by atoms with E-state index in [9.17, 15) is 14.0 Å². The van der Waals surface area contributed by atoms with Crippen molar-refractivity contribution in [2.75, 3.05) is 6.61 Å². The van der Waals surface area contributed by atoms with Gasteiger partial charge in [0.1, 0.15) is 17.3 Å². The fraction of sp³-hybridized carbons (Fsp3) is 0.476. The van der Waals surface area contributed by atoms with Crippen LogP contribution in [0.3, 0.4) is 0 Å². The van der Waals surface area contributed by atoms with Gasteiger partial charge in [0.25, 0.3) is 0 Å². The maximum Gasteiger partial charge on any atom is 0.390 e. The standard InChI is InChI=1S/C42H53FO5/c1-4-6-8-10-11-12-13-14-15-17-31-46-39-29-25-36(40(43)32-39)26-30-41(44)48-38-27-23-35(24-28-38)34-19-21-37(22-20-34)42(45)47-33(3)18-16-9-7-5-2/h19-25,27-29,32-33H,4-18,31H2,1-3H3/t33-/m1/s1. The van der Waals surface area contributed by atoms with Gasteiger partial charge in [0.15, 0.2) is 0 Å². The molecule has 3 aromatic carbocycles. The summed E-state index contributed by atoms with van der Waals surface area (Å²) in [5, 5.41) is 0. The van der Waals surface area contributed by atoms with Crippen molar-refractivity contribution in [2.45, 2.75) is 123 Å². The molecule has 0 amide bonds. The second-order valence-corrected chi connectivity index (χ2v) is 12.5. The van der Waals surface area contributed by atoms with Crippen LogP contribution in [0, 0.1) is 17.7 Å². The highest BCUT2D eigenvalue weighted by Crippen LogP contribution is 2.24. The molecule has 3 rings (SSSR count). The lowest BCUT2D eigenvalue weighted by molar-refractivity contribution is -0.128. The van der Waals surface area contributed by atoms with Crippen molar-refractivity contribution in [3.63, 3.8) is 0 Å². The van der Waals surface area contributed by atoms with Gasteiger partial charge in [-0.25, -0.2) is 14.0 Å². The normalized spacial score (nSPS) is 11.3. The van der Waals surface area contributed by atoms with Gasteiger partial charge in [-0.1, -0.05) is 121 Å². The zero-order chi connectivity index (χ0) is 34.4. The Hall–Kier alpha value is -4.11. The zero-order valence-electron chi connectivity index (χ0n) is 29.2. The lowest BCUT2D eigenvalue weighted by Crippen LogP contribution is -2.15. The second kappa shape index (κ2) is 22.5. The first-order valence-corrected chi connectivity index (χ1v) is 18.0. The minimum absolute atomic E-state index is 0.0994. The Labute approximate surface area is 287 Å². The molecule has 0 fully saturated rings. The molecule has 0 saturated carbocycles. The van der Waals surface area contributed by atoms with Crippen LogP contribution in [0.25, 0.3) is 11.1 Å². The van der Waals surface area contributed by atoms with E-state index in [2.05, 4.69) is 25.7 Å². The van der Waals surface area contributed by atoms with Crippen LogP contribution in [0.4, 0.5) is 4.39 Å². The molecule has 0 radical (unpaired) electrons. The average Bonchev–Trinajstić information content (AvgIpc) is 3.09. The predicted octanol–water partition coefficient (Wildman–Crippen LogP) is 11.3. The number of hydrogen-bond acceptors (Lipinski definition) is 5. The van der Waals surface area contributed by atoms with Gasteiger partial charge in [0.2, 0.25) is 0 Å². The molecule has 0 N–H and O–H groups in total. The summed E-state index contributed by atoms with van der Waals surface area (Å²) in [6.45, 7) is 6.89. The van der Waals surface area contributed by atoms with E-state index in [1.54, 1.807) is 30.3 Å². The van der Waals surface area contributed by atoms with E-state index in [-0.39, 0.29) is 17.6 Å². The Morgan fingerprint density at radius 1 is 0.688 bits per heavy atom. The molecule has 0 heterocycles. The highest BCUT2D eigenvalue weighted by molar-refractivity contribution is 5.91. The van der Waals surface area contributed by atoms with E-state index in [1.165, 1.54) is 76.3 Å². The van der Waals surface area contributed by atoms with E-state index in [0.29, 0.717) is 23.7 Å². The molecule has 0 saturated heterocycles. The Morgan fingerprint density at radius 2 is 1.23 bits per heavy atom. The summed E-state index contributed by atoms with van der Waals surface area (Å²) in [6, 6.07) is 18.7. The number of esters is 2. The molecule has 0 unspecified atom stereocenters. The maximum atomic E-state index is 14.6. The predicted molar refractivity (Wildman–Crippen MR) is 192 cm³/mol. The van der Waals surface area contributed by atoms with E-state index in [0.717, 1.165) is 43.2 Å². The third-order valence-corrected chi connectivity index (χ3v) is 8.30. The Morgan fingerprint density at radius 3 is 1.83 bits per heavy atom. The number of carbonyl (C=O) groups excluding carboxylic acids is 2. The molecule has 0 aromatic heterocycles. The van der Waals surface area contributed by atoms with Crippen LogP contribution in [0.2, 0.25) is 0 Å². The third-order valence-electron chi connectivity index (χ3n) is 8.30. The lowest BCUT2D eigenvalue weighted by Gasteiger charge is -2.13. The average molecular weight is 657 g/mol. The molecule has 0 aliphatic rings. The largest absolute Gasteiger partial charge is 0.493 e. The van der Waals surface area contributed by atoms with Gasteiger partial charge in [-0.05, 0) is 73.7 Å². The topological polar surface area (TPSA) is 61.8 Å². The summed E-state index contributed by atoms with van der Waals surface area (Å²) in [5.74, 6) is 4.03. The highest BCUT2D eigenvalue weighted by Gasteiger charge is 2.12. The first-order valence-electron chi connectivity index (χ1n) is 18.0. The van der Waals surface area contributed by atoms with Gasteiger partial charge in [0.05, 0.1) is 23.8 Å². The van der Waals surface area contributed by atoms with Crippen molar-refractivity contribution in [1.29, 1.82) is 0 Å². The zero-order valence-corrected chi connectivity index (χ0v) is 29.2. The van der Waals surface area contributed by atoms with Crippen molar-refractivity contribution in [2.24, 2.45) is 0 Å². The summed E-state index contributed by atoms with van der Waals surface area (Å²) in [4.78, 5) is 24.8. The van der Waals surface area contributed by atoms with Gasteiger partial charge in [-0.2, -0.15) is 0 Å². The molecule has 0 aliphatic heterocycles. The molecular formula is C42H53FO5. The van der Waals surface area contributed by atoms with Crippen molar-refractivity contribution in [3.8, 4) is 34.5 Å². The van der Waals surface area contributed by atoms with Gasteiger partial charge in [0, 0.05) is 12.0 Å². The molecule has 48 heavy (non-hydrogen) atoms. The van der Waals surface area contributed by atoms with Gasteiger partial charge in [-0.15, -0.1) is 0 Å². The fourth-order valence-electron chi connectivity index (χ4n) is 5.40. The first kappa shape index (κ1) is 38.3. The third kappa shape index (κ3) is 14.8. The molecule has 0 spiro atoms. The van der Waals surface area contributed by atoms with Crippen molar-refractivity contribution >= 4 is 11.9 Å². The summed E-state index contributed by atoms with van der Waals surface area (Å²) < 4.78 is 31.2. The lowest BCUT2D eigenvalue weighted by atomic mass is 10.0. The van der Waals surface area contributed by atoms with E-state index >= 15 is 0 Å². The summed E-state index contributed by atoms with van der Waals surface area (Å²) >= 11 is 0. The van der Waals surface area contributed by atoms with Crippen molar-refractivity contribution in [1.82, 2.24) is 0 Å². The van der Waals surface area contributed by atoms with Crippen LogP contribution in [0.5, 0.6) is 11.5 Å². The molecule has 3 aromatic rings. The van der Waals surface area contributed by atoms with Crippen LogP contribution in [0.1, 0.15) is 133 Å². The number of benzene rings is 3. The first-order chi connectivity index (χ1) is 23.4. The molecule has 0 aliphatic carbocycles. The summed E-state index contributed by atoms with van der Waals surface area (Å²) in [7, 11) is 0. The quantitative estimate of drug-likeness (QED) is 0.0494. The Balaban J connectivity index is 1.39. The number of unbranched alkanes of at least 4 members (excludes halogenated alkanes) is 12.